The zero-order chi connectivity index (χ0) is 25.2. The molecule has 0 radical (unpaired) electrons. The third-order valence-electron chi connectivity index (χ3n) is 5.27. The Balaban J connectivity index is 1.51. The number of hydrogen-bond donors (Lipinski definition) is 1. The molecule has 2 aromatic heterocycles. The highest BCUT2D eigenvalue weighted by Crippen LogP contribution is 2.26. The number of pyridine rings is 1. The van der Waals surface area contributed by atoms with Gasteiger partial charge in [0.2, 0.25) is 10.0 Å². The maximum atomic E-state index is 12.9. The van der Waals surface area contributed by atoms with Crippen LogP contribution in [0.15, 0.2) is 76.2 Å². The van der Waals surface area contributed by atoms with Gasteiger partial charge in [-0.15, -0.1) is 0 Å². The van der Waals surface area contributed by atoms with E-state index in [1.54, 1.807) is 61.5 Å². The van der Waals surface area contributed by atoms with Crippen molar-refractivity contribution < 1.29 is 27.2 Å². The number of aryl methyl sites for hydroxylation is 1. The minimum atomic E-state index is -3.69. The minimum Gasteiger partial charge on any atom is -0.463 e. The number of amides is 1. The Morgan fingerprint density at radius 3 is 2.54 bits per heavy atom. The number of carbonyl (C=O) groups excluding carboxylic acids is 2. The molecule has 0 spiro atoms. The summed E-state index contributed by atoms with van der Waals surface area (Å²) < 4.78 is 36.8. The summed E-state index contributed by atoms with van der Waals surface area (Å²) in [4.78, 5) is 30.0. The lowest BCUT2D eigenvalue weighted by molar-refractivity contribution is -0.119. The van der Waals surface area contributed by atoms with Crippen LogP contribution >= 0.6 is 0 Å². The topological polar surface area (TPSA) is 119 Å². The van der Waals surface area contributed by atoms with E-state index >= 15 is 0 Å². The van der Waals surface area contributed by atoms with Crippen LogP contribution in [-0.2, 0) is 19.6 Å². The SMILES string of the molecule is Cc1ccc(NC(=O)COC(=O)c2cc(-c3ccco3)nc3ccccc23)cc1S(=O)(=O)N(C)C. The van der Waals surface area contributed by atoms with E-state index in [9.17, 15) is 18.0 Å². The average Bonchev–Trinajstić information content (AvgIpc) is 3.38. The van der Waals surface area contributed by atoms with Crippen molar-refractivity contribution in [2.75, 3.05) is 26.0 Å². The molecule has 180 valence electrons. The second-order valence-electron chi connectivity index (χ2n) is 7.94. The molecule has 35 heavy (non-hydrogen) atoms. The summed E-state index contributed by atoms with van der Waals surface area (Å²) in [7, 11) is -0.828. The molecular formula is C25H23N3O6S. The van der Waals surface area contributed by atoms with Gasteiger partial charge in [0.05, 0.1) is 22.2 Å². The lowest BCUT2D eigenvalue weighted by Gasteiger charge is -2.15. The third-order valence-corrected chi connectivity index (χ3v) is 7.23. The Hall–Kier alpha value is -4.02. The predicted molar refractivity (Wildman–Crippen MR) is 130 cm³/mol. The molecule has 0 saturated heterocycles. The summed E-state index contributed by atoms with van der Waals surface area (Å²) in [5, 5.41) is 3.15. The van der Waals surface area contributed by atoms with Crippen molar-refractivity contribution in [2.45, 2.75) is 11.8 Å². The van der Waals surface area contributed by atoms with Crippen molar-refractivity contribution in [1.29, 1.82) is 0 Å². The Morgan fingerprint density at radius 1 is 1.06 bits per heavy atom. The summed E-state index contributed by atoms with van der Waals surface area (Å²) in [6, 6.07) is 16.6. The van der Waals surface area contributed by atoms with Gasteiger partial charge in [0.1, 0.15) is 5.69 Å². The first-order chi connectivity index (χ1) is 16.7. The Morgan fingerprint density at radius 2 is 1.83 bits per heavy atom. The summed E-state index contributed by atoms with van der Waals surface area (Å²) in [5.74, 6) is -0.822. The number of fused-ring (bicyclic) bond motifs is 1. The number of sulfonamides is 1. The van der Waals surface area contributed by atoms with Gasteiger partial charge in [0.15, 0.2) is 12.4 Å². The van der Waals surface area contributed by atoms with Crippen molar-refractivity contribution in [3.05, 3.63) is 78.1 Å². The lowest BCUT2D eigenvalue weighted by atomic mass is 10.1. The molecule has 0 bridgehead atoms. The highest BCUT2D eigenvalue weighted by molar-refractivity contribution is 7.89. The van der Waals surface area contributed by atoms with Crippen LogP contribution in [0.2, 0.25) is 0 Å². The van der Waals surface area contributed by atoms with E-state index in [0.717, 1.165) is 4.31 Å². The summed E-state index contributed by atoms with van der Waals surface area (Å²) in [6.45, 7) is 1.11. The predicted octanol–water partition coefficient (Wildman–Crippen LogP) is 3.85. The van der Waals surface area contributed by atoms with Crippen LogP contribution in [0.5, 0.6) is 0 Å². The van der Waals surface area contributed by atoms with Gasteiger partial charge in [-0.3, -0.25) is 4.79 Å². The summed E-state index contributed by atoms with van der Waals surface area (Å²) >= 11 is 0. The second-order valence-corrected chi connectivity index (χ2v) is 10.1. The van der Waals surface area contributed by atoms with Crippen LogP contribution in [0.4, 0.5) is 5.69 Å². The molecule has 0 aliphatic rings. The van der Waals surface area contributed by atoms with Crippen LogP contribution in [0.1, 0.15) is 15.9 Å². The van der Waals surface area contributed by atoms with E-state index < -0.39 is 28.5 Å². The van der Waals surface area contributed by atoms with Gasteiger partial charge in [0, 0.05) is 25.2 Å². The molecule has 2 heterocycles. The second kappa shape index (κ2) is 9.69. The number of rotatable bonds is 7. The Labute approximate surface area is 202 Å². The highest BCUT2D eigenvalue weighted by atomic mass is 32.2. The van der Waals surface area contributed by atoms with E-state index in [4.69, 9.17) is 9.15 Å². The fraction of sp³-hybridized carbons (Fsp3) is 0.160. The lowest BCUT2D eigenvalue weighted by Crippen LogP contribution is -2.24. The van der Waals surface area contributed by atoms with Gasteiger partial charge in [0.25, 0.3) is 5.91 Å². The zero-order valence-electron chi connectivity index (χ0n) is 19.3. The first-order valence-electron chi connectivity index (χ1n) is 10.6. The molecule has 10 heteroatoms. The third kappa shape index (κ3) is 5.08. The molecule has 0 saturated carbocycles. The van der Waals surface area contributed by atoms with Gasteiger partial charge >= 0.3 is 5.97 Å². The van der Waals surface area contributed by atoms with E-state index in [1.165, 1.54) is 26.4 Å². The highest BCUT2D eigenvalue weighted by Gasteiger charge is 2.21. The number of aromatic nitrogens is 1. The molecule has 4 aromatic rings. The minimum absolute atomic E-state index is 0.0750. The number of anilines is 1. The van der Waals surface area contributed by atoms with Gasteiger partial charge in [-0.25, -0.2) is 22.5 Å². The van der Waals surface area contributed by atoms with Crippen molar-refractivity contribution >= 4 is 38.5 Å². The number of furan rings is 1. The maximum absolute atomic E-state index is 12.9. The van der Waals surface area contributed by atoms with Crippen molar-refractivity contribution in [3.8, 4) is 11.5 Å². The fourth-order valence-electron chi connectivity index (χ4n) is 3.45. The quantitative estimate of drug-likeness (QED) is 0.389. The molecule has 0 unspecified atom stereocenters. The molecule has 0 atom stereocenters. The van der Waals surface area contributed by atoms with Gasteiger partial charge in [-0.1, -0.05) is 24.3 Å². The molecule has 0 fully saturated rings. The summed E-state index contributed by atoms with van der Waals surface area (Å²) in [6.07, 6.45) is 1.51. The molecule has 4 rings (SSSR count). The van der Waals surface area contributed by atoms with Crippen LogP contribution < -0.4 is 5.32 Å². The van der Waals surface area contributed by atoms with E-state index in [0.29, 0.717) is 27.9 Å². The number of carbonyl (C=O) groups is 2. The van der Waals surface area contributed by atoms with Crippen LogP contribution in [0.25, 0.3) is 22.4 Å². The molecular weight excluding hydrogens is 470 g/mol. The van der Waals surface area contributed by atoms with Gasteiger partial charge in [-0.05, 0) is 48.9 Å². The molecule has 1 N–H and O–H groups in total. The number of benzene rings is 2. The van der Waals surface area contributed by atoms with Crippen molar-refractivity contribution in [3.63, 3.8) is 0 Å². The maximum Gasteiger partial charge on any atom is 0.339 e. The van der Waals surface area contributed by atoms with Crippen molar-refractivity contribution in [1.82, 2.24) is 9.29 Å². The molecule has 0 aliphatic heterocycles. The number of ether oxygens (including phenoxy) is 1. The monoisotopic (exact) mass is 493 g/mol. The number of esters is 1. The van der Waals surface area contributed by atoms with E-state index in [-0.39, 0.29) is 16.1 Å². The van der Waals surface area contributed by atoms with Crippen molar-refractivity contribution in [2.24, 2.45) is 0 Å². The normalized spacial score (nSPS) is 11.5. The molecule has 9 nitrogen and oxygen atoms in total. The van der Waals surface area contributed by atoms with E-state index in [1.807, 2.05) is 0 Å². The van der Waals surface area contributed by atoms with Crippen LogP contribution in [-0.4, -0.2) is 50.3 Å². The molecule has 1 amide bonds. The number of hydrogen-bond acceptors (Lipinski definition) is 7. The Kier molecular flexibility index (Phi) is 6.68. The first-order valence-corrected chi connectivity index (χ1v) is 12.0. The Bertz CT molecular complexity index is 1510. The van der Waals surface area contributed by atoms with Crippen LogP contribution in [0, 0.1) is 6.92 Å². The largest absolute Gasteiger partial charge is 0.463 e. The fourth-order valence-corrected chi connectivity index (χ4v) is 4.60. The zero-order valence-corrected chi connectivity index (χ0v) is 20.1. The number of nitrogens with zero attached hydrogens (tertiary/aromatic N) is 2. The van der Waals surface area contributed by atoms with Gasteiger partial charge in [-0.2, -0.15) is 0 Å². The van der Waals surface area contributed by atoms with E-state index in [2.05, 4.69) is 10.3 Å². The standard InChI is InChI=1S/C25H23N3O6S/c1-16-10-11-17(13-23(16)35(31,32)28(2)3)26-24(29)15-34-25(30)19-14-21(22-9-6-12-33-22)27-20-8-5-4-7-18(19)20/h4-14H,15H2,1-3H3,(H,26,29). The first kappa shape index (κ1) is 24.1. The van der Waals surface area contributed by atoms with Gasteiger partial charge < -0.3 is 14.5 Å². The smallest absolute Gasteiger partial charge is 0.339 e. The number of para-hydroxylation sites is 1. The van der Waals surface area contributed by atoms with Crippen LogP contribution in [0.3, 0.4) is 0 Å². The average molecular weight is 494 g/mol. The number of nitrogens with one attached hydrogen (secondary N) is 1. The summed E-state index contributed by atoms with van der Waals surface area (Å²) in [5.41, 5.74) is 2.09. The molecule has 2 aromatic carbocycles. The molecule has 0 aliphatic carbocycles.